The Kier molecular flexibility index (Phi) is 5.14. The van der Waals surface area contributed by atoms with Crippen LogP contribution in [0.25, 0.3) is 0 Å². The van der Waals surface area contributed by atoms with Gasteiger partial charge in [0, 0.05) is 19.4 Å². The van der Waals surface area contributed by atoms with Crippen LogP contribution < -0.4 is 0 Å². The van der Waals surface area contributed by atoms with E-state index in [-0.39, 0.29) is 11.8 Å². The van der Waals surface area contributed by atoms with Crippen molar-refractivity contribution in [3.05, 3.63) is 0 Å². The van der Waals surface area contributed by atoms with Crippen molar-refractivity contribution in [3.8, 4) is 11.8 Å². The van der Waals surface area contributed by atoms with E-state index in [4.69, 9.17) is 4.84 Å². The van der Waals surface area contributed by atoms with Crippen LogP contribution in [0.15, 0.2) is 0 Å². The van der Waals surface area contributed by atoms with Gasteiger partial charge in [0.15, 0.2) is 0 Å². The lowest BCUT2D eigenvalue weighted by molar-refractivity contribution is -0.172. The van der Waals surface area contributed by atoms with Crippen molar-refractivity contribution in [2.24, 2.45) is 5.92 Å². The molecule has 3 nitrogen and oxygen atoms in total. The molecule has 0 rings (SSSR count). The fourth-order valence-corrected chi connectivity index (χ4v) is 0.743. The monoisotopic (exact) mass is 169 g/mol. The normalized spacial score (nSPS) is 11.3. The number of hydrogen-bond acceptors (Lipinski definition) is 2. The standard InChI is InChI=1S/C9H15NO2/c1-5-6-7-8(2)9(11)10(3)12-4/h8H,7H2,1-4H3. The highest BCUT2D eigenvalue weighted by atomic mass is 16.7. The lowest BCUT2D eigenvalue weighted by Gasteiger charge is -2.16. The summed E-state index contributed by atoms with van der Waals surface area (Å²) in [5.41, 5.74) is 0. The van der Waals surface area contributed by atoms with Gasteiger partial charge in [0.2, 0.25) is 5.91 Å². The number of nitrogens with zero attached hydrogens (tertiary/aromatic N) is 1. The maximum atomic E-state index is 11.3. The van der Waals surface area contributed by atoms with Gasteiger partial charge in [-0.3, -0.25) is 9.63 Å². The van der Waals surface area contributed by atoms with Crippen molar-refractivity contribution < 1.29 is 9.63 Å². The molecule has 0 aliphatic heterocycles. The molecule has 0 aliphatic rings. The molecule has 0 saturated carbocycles. The van der Waals surface area contributed by atoms with Gasteiger partial charge in [-0.25, -0.2) is 5.06 Å². The Bertz CT molecular complexity index is 202. The Balaban J connectivity index is 3.97. The zero-order chi connectivity index (χ0) is 9.56. The first kappa shape index (κ1) is 11.0. The Morgan fingerprint density at radius 1 is 1.67 bits per heavy atom. The van der Waals surface area contributed by atoms with Crippen LogP contribution in [0.1, 0.15) is 20.3 Å². The quantitative estimate of drug-likeness (QED) is 0.467. The van der Waals surface area contributed by atoms with Crippen LogP contribution >= 0.6 is 0 Å². The van der Waals surface area contributed by atoms with E-state index in [9.17, 15) is 4.79 Å². The maximum Gasteiger partial charge on any atom is 0.249 e. The van der Waals surface area contributed by atoms with Gasteiger partial charge in [-0.2, -0.15) is 0 Å². The van der Waals surface area contributed by atoms with Gasteiger partial charge in [-0.1, -0.05) is 6.92 Å². The van der Waals surface area contributed by atoms with E-state index in [2.05, 4.69) is 11.8 Å². The van der Waals surface area contributed by atoms with E-state index in [1.807, 2.05) is 6.92 Å². The lowest BCUT2D eigenvalue weighted by Crippen LogP contribution is -2.30. The highest BCUT2D eigenvalue weighted by Crippen LogP contribution is 2.04. The minimum absolute atomic E-state index is 0.0414. The molecule has 0 heterocycles. The molecule has 0 radical (unpaired) electrons. The summed E-state index contributed by atoms with van der Waals surface area (Å²) >= 11 is 0. The molecule has 12 heavy (non-hydrogen) atoms. The number of hydrogen-bond donors (Lipinski definition) is 0. The average Bonchev–Trinajstić information content (AvgIpc) is 2.11. The molecule has 1 amide bonds. The summed E-state index contributed by atoms with van der Waals surface area (Å²) in [6.45, 7) is 3.60. The highest BCUT2D eigenvalue weighted by molar-refractivity contribution is 5.77. The van der Waals surface area contributed by atoms with Gasteiger partial charge in [-0.05, 0) is 6.92 Å². The van der Waals surface area contributed by atoms with Gasteiger partial charge >= 0.3 is 0 Å². The van der Waals surface area contributed by atoms with Crippen LogP contribution in [0.2, 0.25) is 0 Å². The Morgan fingerprint density at radius 3 is 2.67 bits per heavy atom. The first-order chi connectivity index (χ1) is 5.63. The Morgan fingerprint density at radius 2 is 2.25 bits per heavy atom. The summed E-state index contributed by atoms with van der Waals surface area (Å²) in [6, 6.07) is 0. The SMILES string of the molecule is CC#CCC(C)C(=O)N(C)OC. The van der Waals surface area contributed by atoms with Crippen molar-refractivity contribution in [3.63, 3.8) is 0 Å². The Labute approximate surface area is 73.6 Å². The van der Waals surface area contributed by atoms with Crippen LogP contribution in [0.5, 0.6) is 0 Å². The summed E-state index contributed by atoms with van der Waals surface area (Å²) in [7, 11) is 3.06. The molecule has 0 aliphatic carbocycles. The predicted molar refractivity (Wildman–Crippen MR) is 47.0 cm³/mol. The second-order valence-electron chi connectivity index (χ2n) is 2.55. The fraction of sp³-hybridized carbons (Fsp3) is 0.667. The van der Waals surface area contributed by atoms with Gasteiger partial charge in [0.1, 0.15) is 0 Å². The van der Waals surface area contributed by atoms with E-state index in [0.29, 0.717) is 6.42 Å². The van der Waals surface area contributed by atoms with E-state index in [1.54, 1.807) is 14.0 Å². The fourth-order valence-electron chi connectivity index (χ4n) is 0.743. The third kappa shape index (κ3) is 3.40. The molecule has 0 aromatic carbocycles. The molecule has 1 unspecified atom stereocenters. The topological polar surface area (TPSA) is 29.5 Å². The molecular weight excluding hydrogens is 154 g/mol. The smallest absolute Gasteiger partial charge is 0.249 e. The summed E-state index contributed by atoms with van der Waals surface area (Å²) in [5, 5.41) is 1.22. The third-order valence-corrected chi connectivity index (χ3v) is 1.59. The van der Waals surface area contributed by atoms with Crippen molar-refractivity contribution in [2.45, 2.75) is 20.3 Å². The molecule has 0 aromatic rings. The summed E-state index contributed by atoms with van der Waals surface area (Å²) < 4.78 is 0. The molecule has 68 valence electrons. The summed E-state index contributed by atoms with van der Waals surface area (Å²) in [5.74, 6) is 5.47. The van der Waals surface area contributed by atoms with Crippen LogP contribution in [0, 0.1) is 17.8 Å². The highest BCUT2D eigenvalue weighted by Gasteiger charge is 2.15. The van der Waals surface area contributed by atoms with Crippen molar-refractivity contribution in [2.75, 3.05) is 14.2 Å². The first-order valence-electron chi connectivity index (χ1n) is 3.84. The zero-order valence-electron chi connectivity index (χ0n) is 8.05. The van der Waals surface area contributed by atoms with Crippen molar-refractivity contribution in [1.29, 1.82) is 0 Å². The molecule has 3 heteroatoms. The number of carbonyl (C=O) groups is 1. The van der Waals surface area contributed by atoms with Crippen LogP contribution in [-0.2, 0) is 9.63 Å². The van der Waals surface area contributed by atoms with E-state index in [1.165, 1.54) is 12.2 Å². The first-order valence-corrected chi connectivity index (χ1v) is 3.84. The molecule has 0 spiro atoms. The van der Waals surface area contributed by atoms with Gasteiger partial charge in [0.05, 0.1) is 7.11 Å². The number of amides is 1. The van der Waals surface area contributed by atoms with Crippen molar-refractivity contribution in [1.82, 2.24) is 5.06 Å². The van der Waals surface area contributed by atoms with Crippen LogP contribution in [0.3, 0.4) is 0 Å². The van der Waals surface area contributed by atoms with Crippen LogP contribution in [-0.4, -0.2) is 25.1 Å². The van der Waals surface area contributed by atoms with Crippen molar-refractivity contribution >= 4 is 5.91 Å². The summed E-state index contributed by atoms with van der Waals surface area (Å²) in [4.78, 5) is 16.1. The second kappa shape index (κ2) is 5.62. The largest absolute Gasteiger partial charge is 0.275 e. The predicted octanol–water partition coefficient (Wildman–Crippen LogP) is 1.06. The number of carbonyl (C=O) groups excluding carboxylic acids is 1. The van der Waals surface area contributed by atoms with Crippen LogP contribution in [0.4, 0.5) is 0 Å². The Hall–Kier alpha value is -1.01. The molecule has 0 fully saturated rings. The molecule has 0 saturated heterocycles. The van der Waals surface area contributed by atoms with E-state index >= 15 is 0 Å². The second-order valence-corrected chi connectivity index (χ2v) is 2.55. The molecular formula is C9H15NO2. The number of hydroxylamine groups is 2. The molecule has 0 bridgehead atoms. The minimum atomic E-state index is -0.0950. The zero-order valence-corrected chi connectivity index (χ0v) is 8.05. The molecule has 1 atom stereocenters. The van der Waals surface area contributed by atoms with E-state index < -0.39 is 0 Å². The van der Waals surface area contributed by atoms with Gasteiger partial charge < -0.3 is 0 Å². The van der Waals surface area contributed by atoms with E-state index in [0.717, 1.165) is 0 Å². The average molecular weight is 169 g/mol. The van der Waals surface area contributed by atoms with Gasteiger partial charge in [0.25, 0.3) is 0 Å². The molecule has 0 aromatic heterocycles. The van der Waals surface area contributed by atoms with Gasteiger partial charge in [-0.15, -0.1) is 11.8 Å². The summed E-state index contributed by atoms with van der Waals surface area (Å²) in [6.07, 6.45) is 0.586. The third-order valence-electron chi connectivity index (χ3n) is 1.59. The molecule has 0 N–H and O–H groups in total. The lowest BCUT2D eigenvalue weighted by atomic mass is 10.1. The maximum absolute atomic E-state index is 11.3. The minimum Gasteiger partial charge on any atom is -0.275 e. The number of rotatable bonds is 3.